The molecule has 0 radical (unpaired) electrons. The Morgan fingerprint density at radius 2 is 1.36 bits per heavy atom. The second-order valence-corrected chi connectivity index (χ2v) is 7.37. The van der Waals surface area contributed by atoms with Gasteiger partial charge in [0.25, 0.3) is 0 Å². The van der Waals surface area contributed by atoms with E-state index in [0.717, 1.165) is 25.7 Å². The standard InChI is InChI=1S/C17H30O8/c1-8-10-6-4-3-5-7-22-16-14(21)12(19)15(9(2)24-16)25-17(23-8)13(20)11(10)18/h8-21H,3-7H2,1-2H3/t8?,9?,10?,11-,12+,13+,14+,15?,16+,17-/m0/s1. The van der Waals surface area contributed by atoms with Gasteiger partial charge < -0.3 is 39.4 Å². The summed E-state index contributed by atoms with van der Waals surface area (Å²) in [5.74, 6) is -0.179. The van der Waals surface area contributed by atoms with Gasteiger partial charge in [0.1, 0.15) is 24.4 Å². The van der Waals surface area contributed by atoms with Gasteiger partial charge in [0.05, 0.1) is 18.3 Å². The second kappa shape index (κ2) is 8.14. The van der Waals surface area contributed by atoms with Crippen LogP contribution in [0.2, 0.25) is 0 Å². The summed E-state index contributed by atoms with van der Waals surface area (Å²) in [5.41, 5.74) is 0. The lowest BCUT2D eigenvalue weighted by molar-refractivity contribution is -0.348. The molecule has 146 valence electrons. The van der Waals surface area contributed by atoms with E-state index >= 15 is 0 Å². The van der Waals surface area contributed by atoms with E-state index in [1.54, 1.807) is 6.92 Å². The van der Waals surface area contributed by atoms with Crippen molar-refractivity contribution >= 4 is 0 Å². The third-order valence-corrected chi connectivity index (χ3v) is 5.55. The molecule has 0 amide bonds. The molecule has 5 heterocycles. The van der Waals surface area contributed by atoms with Crippen LogP contribution in [0.15, 0.2) is 0 Å². The second-order valence-electron chi connectivity index (χ2n) is 7.37. The molecule has 5 saturated heterocycles. The average molecular weight is 362 g/mol. The molecule has 5 aliphatic rings. The lowest BCUT2D eigenvalue weighted by atomic mass is 9.85. The first kappa shape index (κ1) is 19.4. The number of aliphatic hydroxyl groups is 4. The summed E-state index contributed by atoms with van der Waals surface area (Å²) in [6, 6.07) is 0. The topological polar surface area (TPSA) is 118 Å². The van der Waals surface area contributed by atoms with Crippen LogP contribution in [0, 0.1) is 5.92 Å². The maximum Gasteiger partial charge on any atom is 0.186 e. The van der Waals surface area contributed by atoms with E-state index in [2.05, 4.69) is 0 Å². The van der Waals surface area contributed by atoms with Crippen LogP contribution in [0.25, 0.3) is 0 Å². The van der Waals surface area contributed by atoms with Gasteiger partial charge in [-0.05, 0) is 26.7 Å². The summed E-state index contributed by atoms with van der Waals surface area (Å²) in [7, 11) is 0. The van der Waals surface area contributed by atoms with Gasteiger partial charge in [-0.2, -0.15) is 0 Å². The van der Waals surface area contributed by atoms with Crippen molar-refractivity contribution < 1.29 is 39.4 Å². The minimum atomic E-state index is -1.26. The van der Waals surface area contributed by atoms with Gasteiger partial charge in [-0.1, -0.05) is 12.8 Å². The fourth-order valence-corrected chi connectivity index (χ4v) is 3.95. The molecule has 5 aliphatic heterocycles. The van der Waals surface area contributed by atoms with E-state index in [1.807, 2.05) is 6.92 Å². The first-order valence-electron chi connectivity index (χ1n) is 9.20. The van der Waals surface area contributed by atoms with E-state index in [4.69, 9.17) is 18.9 Å². The molecule has 25 heavy (non-hydrogen) atoms. The van der Waals surface area contributed by atoms with Crippen molar-refractivity contribution in [3.05, 3.63) is 0 Å². The average Bonchev–Trinajstić information content (AvgIpc) is 2.58. The van der Waals surface area contributed by atoms with E-state index in [-0.39, 0.29) is 12.0 Å². The maximum absolute atomic E-state index is 10.5. The smallest absolute Gasteiger partial charge is 0.186 e. The van der Waals surface area contributed by atoms with Crippen molar-refractivity contribution in [2.24, 2.45) is 5.92 Å². The normalized spacial score (nSPS) is 52.6. The van der Waals surface area contributed by atoms with E-state index in [9.17, 15) is 20.4 Å². The largest absolute Gasteiger partial charge is 0.390 e. The van der Waals surface area contributed by atoms with Crippen molar-refractivity contribution in [2.45, 2.75) is 94.8 Å². The van der Waals surface area contributed by atoms with Crippen LogP contribution in [0.4, 0.5) is 0 Å². The molecule has 4 bridgehead atoms. The zero-order chi connectivity index (χ0) is 18.1. The van der Waals surface area contributed by atoms with E-state index in [1.165, 1.54) is 0 Å². The Balaban J connectivity index is 1.81. The van der Waals surface area contributed by atoms with Gasteiger partial charge in [0, 0.05) is 12.5 Å². The maximum atomic E-state index is 10.5. The molecule has 4 unspecified atom stereocenters. The van der Waals surface area contributed by atoms with Crippen LogP contribution in [0.1, 0.15) is 39.5 Å². The van der Waals surface area contributed by atoms with Crippen molar-refractivity contribution in [1.82, 2.24) is 0 Å². The third-order valence-electron chi connectivity index (χ3n) is 5.55. The highest BCUT2D eigenvalue weighted by molar-refractivity contribution is 4.92. The number of ether oxygens (including phenoxy) is 4. The molecule has 0 aliphatic carbocycles. The molecule has 0 aromatic heterocycles. The molecule has 0 aromatic rings. The fraction of sp³-hybridized carbons (Fsp3) is 1.00. The molecule has 4 N–H and O–H groups in total. The zero-order valence-corrected chi connectivity index (χ0v) is 14.7. The van der Waals surface area contributed by atoms with Gasteiger partial charge in [0.2, 0.25) is 0 Å². The van der Waals surface area contributed by atoms with Crippen molar-refractivity contribution in [3.8, 4) is 0 Å². The van der Waals surface area contributed by atoms with Crippen LogP contribution in [0.3, 0.4) is 0 Å². The zero-order valence-electron chi connectivity index (χ0n) is 14.7. The molecule has 8 nitrogen and oxygen atoms in total. The Bertz CT molecular complexity index is 435. The lowest BCUT2D eigenvalue weighted by Crippen LogP contribution is -2.62. The highest BCUT2D eigenvalue weighted by atomic mass is 16.7. The quantitative estimate of drug-likeness (QED) is 0.456. The Hall–Kier alpha value is -0.320. The first-order chi connectivity index (χ1) is 11.9. The molecule has 5 fully saturated rings. The van der Waals surface area contributed by atoms with E-state index in [0.29, 0.717) is 6.61 Å². The van der Waals surface area contributed by atoms with Gasteiger partial charge in [0.15, 0.2) is 12.6 Å². The number of rotatable bonds is 0. The van der Waals surface area contributed by atoms with Crippen molar-refractivity contribution in [2.75, 3.05) is 6.61 Å². The summed E-state index contributed by atoms with van der Waals surface area (Å²) in [6.45, 7) is 3.96. The van der Waals surface area contributed by atoms with Crippen LogP contribution in [-0.4, -0.2) is 82.3 Å². The molecular formula is C17H30O8. The van der Waals surface area contributed by atoms with E-state index < -0.39 is 49.2 Å². The molecule has 8 heteroatoms. The van der Waals surface area contributed by atoms with Gasteiger partial charge in [-0.25, -0.2) is 0 Å². The van der Waals surface area contributed by atoms with Crippen LogP contribution in [-0.2, 0) is 18.9 Å². The fourth-order valence-electron chi connectivity index (χ4n) is 3.95. The Morgan fingerprint density at radius 3 is 2.12 bits per heavy atom. The number of aliphatic hydroxyl groups excluding tert-OH is 4. The summed E-state index contributed by atoms with van der Waals surface area (Å²) in [5, 5.41) is 41.6. The highest BCUT2D eigenvalue weighted by Gasteiger charge is 2.49. The number of fused-ring (bicyclic) bond motifs is 2. The molecule has 5 rings (SSSR count). The van der Waals surface area contributed by atoms with Gasteiger partial charge in [-0.3, -0.25) is 0 Å². The molecular weight excluding hydrogens is 332 g/mol. The minimum Gasteiger partial charge on any atom is -0.390 e. The highest BCUT2D eigenvalue weighted by Crippen LogP contribution is 2.33. The van der Waals surface area contributed by atoms with Crippen molar-refractivity contribution in [3.63, 3.8) is 0 Å². The summed E-state index contributed by atoms with van der Waals surface area (Å²) < 4.78 is 22.7. The van der Waals surface area contributed by atoms with Crippen LogP contribution in [0.5, 0.6) is 0 Å². The lowest BCUT2D eigenvalue weighted by Gasteiger charge is -2.46. The summed E-state index contributed by atoms with van der Waals surface area (Å²) in [4.78, 5) is 0. The molecule has 0 spiro atoms. The van der Waals surface area contributed by atoms with Crippen molar-refractivity contribution in [1.29, 1.82) is 0 Å². The van der Waals surface area contributed by atoms with Crippen LogP contribution >= 0.6 is 0 Å². The summed E-state index contributed by atoms with van der Waals surface area (Å²) in [6.07, 6.45) is -5.23. The predicted molar refractivity (Wildman–Crippen MR) is 85.5 cm³/mol. The van der Waals surface area contributed by atoms with Gasteiger partial charge in [-0.15, -0.1) is 0 Å². The number of hydrogen-bond acceptors (Lipinski definition) is 8. The minimum absolute atomic E-state index is 0.179. The Kier molecular flexibility index (Phi) is 6.33. The number of hydrogen-bond donors (Lipinski definition) is 4. The molecule has 0 saturated carbocycles. The molecule has 10 atom stereocenters. The third kappa shape index (κ3) is 4.01. The monoisotopic (exact) mass is 362 g/mol. The SMILES string of the molecule is CC1O[C@H]2OC3C(C)O[C@@H](OCCCCCC1[C@H](O)[C@H]2O)[C@H](O)[C@H]3O. The Morgan fingerprint density at radius 1 is 0.680 bits per heavy atom. The van der Waals surface area contributed by atoms with Crippen LogP contribution < -0.4 is 0 Å². The predicted octanol–water partition coefficient (Wildman–Crippen LogP) is -0.488. The first-order valence-corrected chi connectivity index (χ1v) is 9.20. The summed E-state index contributed by atoms with van der Waals surface area (Å²) >= 11 is 0. The Labute approximate surface area is 147 Å². The van der Waals surface area contributed by atoms with Gasteiger partial charge >= 0.3 is 0 Å². The molecule has 0 aromatic carbocycles.